The van der Waals surface area contributed by atoms with Crippen molar-refractivity contribution < 1.29 is 0 Å². The third-order valence-corrected chi connectivity index (χ3v) is 4.92. The molecule has 1 aliphatic heterocycles. The van der Waals surface area contributed by atoms with Gasteiger partial charge in [0, 0.05) is 24.7 Å². The minimum atomic E-state index is 0.775. The molecule has 1 saturated carbocycles. The highest BCUT2D eigenvalue weighted by atomic mass is 15.2. The second-order valence-electron chi connectivity index (χ2n) is 6.53. The van der Waals surface area contributed by atoms with Crippen LogP contribution in [0.15, 0.2) is 0 Å². The topological polar surface area (TPSA) is 15.3 Å². The van der Waals surface area contributed by atoms with Gasteiger partial charge in [-0.2, -0.15) is 0 Å². The molecule has 1 heterocycles. The van der Waals surface area contributed by atoms with Crippen molar-refractivity contribution in [2.45, 2.75) is 83.8 Å². The quantitative estimate of drug-likeness (QED) is 0.712. The van der Waals surface area contributed by atoms with Gasteiger partial charge in [-0.3, -0.25) is 4.90 Å². The summed E-state index contributed by atoms with van der Waals surface area (Å²) in [4.78, 5) is 2.86. The van der Waals surface area contributed by atoms with Gasteiger partial charge >= 0.3 is 0 Å². The molecule has 106 valence electrons. The van der Waals surface area contributed by atoms with Crippen LogP contribution >= 0.6 is 0 Å². The molecular formula is C16H32N2. The van der Waals surface area contributed by atoms with Crippen molar-refractivity contribution in [2.24, 2.45) is 5.92 Å². The fraction of sp³-hybridized carbons (Fsp3) is 1.00. The van der Waals surface area contributed by atoms with E-state index in [0.717, 1.165) is 24.0 Å². The molecule has 2 nitrogen and oxygen atoms in total. The van der Waals surface area contributed by atoms with Gasteiger partial charge in [0.05, 0.1) is 0 Å². The highest BCUT2D eigenvalue weighted by molar-refractivity contribution is 4.92. The molecule has 2 heteroatoms. The van der Waals surface area contributed by atoms with Gasteiger partial charge in [0.1, 0.15) is 0 Å². The molecule has 1 saturated heterocycles. The summed E-state index contributed by atoms with van der Waals surface area (Å²) in [7, 11) is 0. The highest BCUT2D eigenvalue weighted by Gasteiger charge is 2.35. The molecule has 0 aromatic heterocycles. The minimum Gasteiger partial charge on any atom is -0.313 e. The predicted molar refractivity (Wildman–Crippen MR) is 78.9 cm³/mol. The Balaban J connectivity index is 1.89. The molecule has 3 unspecified atom stereocenters. The van der Waals surface area contributed by atoms with Gasteiger partial charge in [0.2, 0.25) is 0 Å². The van der Waals surface area contributed by atoms with E-state index in [1.54, 1.807) is 0 Å². The molecule has 3 atom stereocenters. The lowest BCUT2D eigenvalue weighted by Gasteiger charge is -2.34. The first kappa shape index (κ1) is 14.3. The predicted octanol–water partition coefficient (Wildman–Crippen LogP) is 3.42. The first-order valence-electron chi connectivity index (χ1n) is 8.23. The van der Waals surface area contributed by atoms with Crippen molar-refractivity contribution in [3.63, 3.8) is 0 Å². The molecule has 2 fully saturated rings. The monoisotopic (exact) mass is 252 g/mol. The smallest absolute Gasteiger partial charge is 0.0195 e. The van der Waals surface area contributed by atoms with Gasteiger partial charge in [-0.15, -0.1) is 0 Å². The molecule has 1 N–H and O–H groups in total. The molecule has 0 radical (unpaired) electrons. The minimum absolute atomic E-state index is 0.775. The summed E-state index contributed by atoms with van der Waals surface area (Å²) in [6.07, 6.45) is 9.72. The van der Waals surface area contributed by atoms with Crippen molar-refractivity contribution >= 4 is 0 Å². The normalized spacial score (nSPS) is 27.7. The Kier molecular flexibility index (Phi) is 5.50. The largest absolute Gasteiger partial charge is 0.313 e. The molecule has 1 aliphatic carbocycles. The summed E-state index contributed by atoms with van der Waals surface area (Å²) in [5.41, 5.74) is 0. The molecule has 0 spiro atoms. The van der Waals surface area contributed by atoms with E-state index >= 15 is 0 Å². The Hall–Kier alpha value is -0.0800. The zero-order valence-electron chi connectivity index (χ0n) is 12.6. The van der Waals surface area contributed by atoms with Crippen LogP contribution in [0.1, 0.15) is 65.7 Å². The average Bonchev–Trinajstić information content (AvgIpc) is 3.10. The molecular weight excluding hydrogens is 220 g/mol. The van der Waals surface area contributed by atoms with Crippen LogP contribution in [-0.4, -0.2) is 36.1 Å². The van der Waals surface area contributed by atoms with Crippen molar-refractivity contribution in [1.82, 2.24) is 10.2 Å². The number of hydrogen-bond acceptors (Lipinski definition) is 2. The first-order valence-corrected chi connectivity index (χ1v) is 8.23. The zero-order valence-corrected chi connectivity index (χ0v) is 12.6. The van der Waals surface area contributed by atoms with Crippen LogP contribution in [0, 0.1) is 5.92 Å². The maximum Gasteiger partial charge on any atom is 0.0195 e. The van der Waals surface area contributed by atoms with Crippen LogP contribution in [0.5, 0.6) is 0 Å². The second-order valence-corrected chi connectivity index (χ2v) is 6.53. The van der Waals surface area contributed by atoms with E-state index in [1.807, 2.05) is 0 Å². The van der Waals surface area contributed by atoms with Crippen molar-refractivity contribution in [2.75, 3.05) is 13.1 Å². The second kappa shape index (κ2) is 6.91. The van der Waals surface area contributed by atoms with Gasteiger partial charge < -0.3 is 5.32 Å². The van der Waals surface area contributed by atoms with Crippen LogP contribution < -0.4 is 5.32 Å². The number of nitrogens with one attached hydrogen (secondary N) is 1. The van der Waals surface area contributed by atoms with Crippen LogP contribution in [0.2, 0.25) is 0 Å². The Morgan fingerprint density at radius 1 is 1.17 bits per heavy atom. The molecule has 0 aromatic rings. The summed E-state index contributed by atoms with van der Waals surface area (Å²) >= 11 is 0. The molecule has 2 rings (SSSR count). The summed E-state index contributed by atoms with van der Waals surface area (Å²) in [6.45, 7) is 9.67. The lowest BCUT2D eigenvalue weighted by atomic mass is 9.96. The van der Waals surface area contributed by atoms with Gasteiger partial charge in [0.25, 0.3) is 0 Å². The van der Waals surface area contributed by atoms with E-state index in [2.05, 4.69) is 31.0 Å². The maximum atomic E-state index is 3.67. The summed E-state index contributed by atoms with van der Waals surface area (Å²) in [5, 5.41) is 3.67. The van der Waals surface area contributed by atoms with Crippen LogP contribution in [0.3, 0.4) is 0 Å². The number of nitrogens with zero attached hydrogens (tertiary/aromatic N) is 1. The summed E-state index contributed by atoms with van der Waals surface area (Å²) in [6, 6.07) is 2.52. The lowest BCUT2D eigenvalue weighted by Crippen LogP contribution is -2.45. The first-order chi connectivity index (χ1) is 8.74. The Morgan fingerprint density at radius 2 is 1.94 bits per heavy atom. The molecule has 0 bridgehead atoms. The van der Waals surface area contributed by atoms with E-state index in [0.29, 0.717) is 0 Å². The third-order valence-electron chi connectivity index (χ3n) is 4.92. The highest BCUT2D eigenvalue weighted by Crippen LogP contribution is 2.32. The summed E-state index contributed by atoms with van der Waals surface area (Å²) < 4.78 is 0. The van der Waals surface area contributed by atoms with Crippen LogP contribution in [-0.2, 0) is 0 Å². The van der Waals surface area contributed by atoms with Crippen molar-refractivity contribution in [3.8, 4) is 0 Å². The van der Waals surface area contributed by atoms with Crippen molar-refractivity contribution in [3.05, 3.63) is 0 Å². The summed E-state index contributed by atoms with van der Waals surface area (Å²) in [5.74, 6) is 0.882. The van der Waals surface area contributed by atoms with Crippen LogP contribution in [0.25, 0.3) is 0 Å². The van der Waals surface area contributed by atoms with Crippen molar-refractivity contribution in [1.29, 1.82) is 0 Å². The standard InChI is InChI=1S/C16H32N2/c1-4-13(3)11-15(5-2)18(16-8-9-16)12-14-7-6-10-17-14/h13-17H,4-12H2,1-3H3. The van der Waals surface area contributed by atoms with E-state index < -0.39 is 0 Å². The SMILES string of the molecule is CCC(C)CC(CC)N(CC1CCCN1)C1CC1. The van der Waals surface area contributed by atoms with E-state index in [-0.39, 0.29) is 0 Å². The Morgan fingerprint density at radius 3 is 2.44 bits per heavy atom. The van der Waals surface area contributed by atoms with Gasteiger partial charge in [-0.25, -0.2) is 0 Å². The molecule has 0 aromatic carbocycles. The van der Waals surface area contributed by atoms with E-state index in [9.17, 15) is 0 Å². The van der Waals surface area contributed by atoms with Crippen LogP contribution in [0.4, 0.5) is 0 Å². The molecule has 2 aliphatic rings. The molecule has 18 heavy (non-hydrogen) atoms. The Bertz CT molecular complexity index is 231. The Labute approximate surface area is 114 Å². The maximum absolute atomic E-state index is 3.67. The number of hydrogen-bond donors (Lipinski definition) is 1. The van der Waals surface area contributed by atoms with Gasteiger partial charge in [-0.05, 0) is 51.0 Å². The van der Waals surface area contributed by atoms with Gasteiger partial charge in [-0.1, -0.05) is 27.2 Å². The average molecular weight is 252 g/mol. The number of rotatable bonds is 8. The third kappa shape index (κ3) is 3.96. The lowest BCUT2D eigenvalue weighted by molar-refractivity contribution is 0.143. The molecule has 0 amide bonds. The fourth-order valence-corrected chi connectivity index (χ4v) is 3.34. The zero-order chi connectivity index (χ0) is 13.0. The van der Waals surface area contributed by atoms with Gasteiger partial charge in [0.15, 0.2) is 0 Å². The fourth-order valence-electron chi connectivity index (χ4n) is 3.34. The van der Waals surface area contributed by atoms with E-state index in [4.69, 9.17) is 0 Å². The van der Waals surface area contributed by atoms with E-state index in [1.165, 1.54) is 58.0 Å².